The molecule has 2 heterocycles. The summed E-state index contributed by atoms with van der Waals surface area (Å²) < 4.78 is 23.8. The number of benzene rings is 1. The third-order valence-electron chi connectivity index (χ3n) is 4.14. The molecule has 7 heteroatoms. The standard InChI is InChI=1S/C17H20FN3O3/c1-3-14-16(11(2)24-20-14)19-17(22)21-8-9-23-10-15(21)12-4-6-13(18)7-5-12/h4-7,15H,3,8-10H2,1-2H3,(H,19,22). The molecule has 1 aromatic carbocycles. The molecule has 0 aliphatic carbocycles. The molecule has 1 fully saturated rings. The van der Waals surface area contributed by atoms with Crippen LogP contribution < -0.4 is 5.32 Å². The summed E-state index contributed by atoms with van der Waals surface area (Å²) in [7, 11) is 0. The molecule has 2 amide bonds. The lowest BCUT2D eigenvalue weighted by atomic mass is 10.1. The molecule has 1 aliphatic heterocycles. The highest BCUT2D eigenvalue weighted by Gasteiger charge is 2.29. The first-order chi connectivity index (χ1) is 11.6. The summed E-state index contributed by atoms with van der Waals surface area (Å²) in [5.74, 6) is 0.269. The fourth-order valence-corrected chi connectivity index (χ4v) is 2.81. The van der Waals surface area contributed by atoms with Crippen LogP contribution in [0.25, 0.3) is 0 Å². The number of nitrogens with one attached hydrogen (secondary N) is 1. The summed E-state index contributed by atoms with van der Waals surface area (Å²) in [6.07, 6.45) is 0.664. The summed E-state index contributed by atoms with van der Waals surface area (Å²) in [5, 5.41) is 6.84. The van der Waals surface area contributed by atoms with Gasteiger partial charge in [0.25, 0.3) is 0 Å². The Balaban J connectivity index is 1.81. The van der Waals surface area contributed by atoms with Crippen molar-refractivity contribution in [1.82, 2.24) is 10.1 Å². The van der Waals surface area contributed by atoms with Gasteiger partial charge in [-0.25, -0.2) is 9.18 Å². The van der Waals surface area contributed by atoms with E-state index in [4.69, 9.17) is 9.26 Å². The van der Waals surface area contributed by atoms with Crippen molar-refractivity contribution < 1.29 is 18.4 Å². The Labute approximate surface area is 139 Å². The number of urea groups is 1. The van der Waals surface area contributed by atoms with Gasteiger partial charge in [-0.05, 0) is 31.0 Å². The predicted octanol–water partition coefficient (Wildman–Crippen LogP) is 3.29. The van der Waals surface area contributed by atoms with Gasteiger partial charge in [0.15, 0.2) is 5.76 Å². The highest BCUT2D eigenvalue weighted by molar-refractivity contribution is 5.90. The van der Waals surface area contributed by atoms with Crippen LogP contribution in [-0.2, 0) is 11.2 Å². The largest absolute Gasteiger partial charge is 0.377 e. The molecule has 3 rings (SSSR count). The highest BCUT2D eigenvalue weighted by atomic mass is 19.1. The number of rotatable bonds is 3. The number of anilines is 1. The minimum absolute atomic E-state index is 0.242. The maximum atomic E-state index is 13.1. The molecule has 24 heavy (non-hydrogen) atoms. The van der Waals surface area contributed by atoms with Crippen LogP contribution in [0.1, 0.15) is 30.0 Å². The number of halogens is 1. The third kappa shape index (κ3) is 3.26. The van der Waals surface area contributed by atoms with Gasteiger partial charge in [0, 0.05) is 6.54 Å². The zero-order valence-corrected chi connectivity index (χ0v) is 13.7. The molecule has 0 bridgehead atoms. The smallest absolute Gasteiger partial charge is 0.322 e. The SMILES string of the molecule is CCc1noc(C)c1NC(=O)N1CCOCC1c1ccc(F)cc1. The first-order valence-electron chi connectivity index (χ1n) is 7.96. The minimum atomic E-state index is -0.306. The third-order valence-corrected chi connectivity index (χ3v) is 4.14. The van der Waals surface area contributed by atoms with Crippen molar-refractivity contribution in [3.05, 3.63) is 47.1 Å². The van der Waals surface area contributed by atoms with Gasteiger partial charge in [-0.1, -0.05) is 24.2 Å². The average Bonchev–Trinajstić information content (AvgIpc) is 2.95. The summed E-state index contributed by atoms with van der Waals surface area (Å²) >= 11 is 0. The van der Waals surface area contributed by atoms with Crippen LogP contribution in [0.4, 0.5) is 14.9 Å². The van der Waals surface area contributed by atoms with E-state index in [1.54, 1.807) is 24.0 Å². The molecule has 1 saturated heterocycles. The highest BCUT2D eigenvalue weighted by Crippen LogP contribution is 2.27. The van der Waals surface area contributed by atoms with Gasteiger partial charge in [0.05, 0.1) is 19.3 Å². The fraction of sp³-hybridized carbons (Fsp3) is 0.412. The zero-order valence-electron chi connectivity index (χ0n) is 13.7. The molecular formula is C17H20FN3O3. The minimum Gasteiger partial charge on any atom is -0.377 e. The molecule has 0 spiro atoms. The summed E-state index contributed by atoms with van der Waals surface area (Å²) in [6, 6.07) is 5.63. The van der Waals surface area contributed by atoms with Crippen molar-refractivity contribution >= 4 is 11.7 Å². The van der Waals surface area contributed by atoms with Crippen LogP contribution in [0, 0.1) is 12.7 Å². The van der Waals surface area contributed by atoms with Crippen molar-refractivity contribution in [2.24, 2.45) is 0 Å². The van der Waals surface area contributed by atoms with E-state index in [2.05, 4.69) is 10.5 Å². The molecular weight excluding hydrogens is 313 g/mol. The number of ether oxygens (including phenoxy) is 1. The van der Waals surface area contributed by atoms with E-state index >= 15 is 0 Å². The van der Waals surface area contributed by atoms with Gasteiger partial charge in [-0.3, -0.25) is 0 Å². The van der Waals surface area contributed by atoms with Crippen molar-refractivity contribution in [1.29, 1.82) is 0 Å². The number of nitrogens with zero attached hydrogens (tertiary/aromatic N) is 2. The number of amides is 2. The molecule has 1 atom stereocenters. The van der Waals surface area contributed by atoms with E-state index in [-0.39, 0.29) is 17.9 Å². The number of morpholine rings is 1. The Kier molecular flexibility index (Phi) is 4.80. The zero-order chi connectivity index (χ0) is 17.1. The van der Waals surface area contributed by atoms with Crippen LogP contribution in [-0.4, -0.2) is 35.8 Å². The van der Waals surface area contributed by atoms with Crippen molar-refractivity contribution in [2.75, 3.05) is 25.1 Å². The van der Waals surface area contributed by atoms with Crippen LogP contribution >= 0.6 is 0 Å². The number of carbonyl (C=O) groups is 1. The molecule has 1 aliphatic rings. The molecule has 1 aromatic heterocycles. The number of aromatic nitrogens is 1. The van der Waals surface area contributed by atoms with Crippen LogP contribution in [0.2, 0.25) is 0 Å². The molecule has 1 unspecified atom stereocenters. The summed E-state index contributed by atoms with van der Waals surface area (Å²) in [4.78, 5) is 14.4. The van der Waals surface area contributed by atoms with Gasteiger partial charge in [-0.2, -0.15) is 0 Å². The van der Waals surface area contributed by atoms with Crippen LogP contribution in [0.3, 0.4) is 0 Å². The molecule has 0 radical (unpaired) electrons. The first-order valence-corrected chi connectivity index (χ1v) is 7.96. The van der Waals surface area contributed by atoms with Crippen molar-refractivity contribution in [3.8, 4) is 0 Å². The summed E-state index contributed by atoms with van der Waals surface area (Å²) in [5.41, 5.74) is 2.17. The second-order valence-electron chi connectivity index (χ2n) is 5.68. The lowest BCUT2D eigenvalue weighted by Crippen LogP contribution is -2.45. The Morgan fingerprint density at radius 2 is 2.17 bits per heavy atom. The van der Waals surface area contributed by atoms with Crippen LogP contribution in [0.5, 0.6) is 0 Å². The molecule has 128 valence electrons. The Morgan fingerprint density at radius 1 is 1.42 bits per heavy atom. The van der Waals surface area contributed by atoms with Gasteiger partial charge in [0.1, 0.15) is 17.2 Å². The summed E-state index contributed by atoms with van der Waals surface area (Å²) in [6.45, 7) is 5.01. The van der Waals surface area contributed by atoms with Crippen molar-refractivity contribution in [2.45, 2.75) is 26.3 Å². The van der Waals surface area contributed by atoms with E-state index in [9.17, 15) is 9.18 Å². The maximum absolute atomic E-state index is 13.1. The van der Waals surface area contributed by atoms with Gasteiger partial charge in [-0.15, -0.1) is 0 Å². The lowest BCUT2D eigenvalue weighted by Gasteiger charge is -2.35. The number of hydrogen-bond donors (Lipinski definition) is 1. The van der Waals surface area contributed by atoms with Gasteiger partial charge in [0.2, 0.25) is 0 Å². The first kappa shape index (κ1) is 16.4. The predicted molar refractivity (Wildman–Crippen MR) is 86.3 cm³/mol. The molecule has 1 N–H and O–H groups in total. The van der Waals surface area contributed by atoms with E-state index < -0.39 is 0 Å². The van der Waals surface area contributed by atoms with E-state index in [0.717, 1.165) is 5.56 Å². The quantitative estimate of drug-likeness (QED) is 0.936. The van der Waals surface area contributed by atoms with Gasteiger partial charge >= 0.3 is 6.03 Å². The van der Waals surface area contributed by atoms with Crippen LogP contribution in [0.15, 0.2) is 28.8 Å². The Morgan fingerprint density at radius 3 is 2.88 bits per heavy atom. The number of carbonyl (C=O) groups excluding carboxylic acids is 1. The van der Waals surface area contributed by atoms with E-state index in [0.29, 0.717) is 43.3 Å². The topological polar surface area (TPSA) is 67.6 Å². The lowest BCUT2D eigenvalue weighted by molar-refractivity contribution is 0.0147. The Bertz CT molecular complexity index is 714. The van der Waals surface area contributed by atoms with E-state index in [1.807, 2.05) is 6.92 Å². The van der Waals surface area contributed by atoms with Gasteiger partial charge < -0.3 is 19.5 Å². The maximum Gasteiger partial charge on any atom is 0.322 e. The monoisotopic (exact) mass is 333 g/mol. The molecule has 6 nitrogen and oxygen atoms in total. The molecule has 0 saturated carbocycles. The second-order valence-corrected chi connectivity index (χ2v) is 5.68. The van der Waals surface area contributed by atoms with Crippen molar-refractivity contribution in [3.63, 3.8) is 0 Å². The molecule has 2 aromatic rings. The number of aryl methyl sites for hydroxylation is 2. The fourth-order valence-electron chi connectivity index (χ4n) is 2.81. The normalized spacial score (nSPS) is 17.8. The Hall–Kier alpha value is -2.41. The number of hydrogen-bond acceptors (Lipinski definition) is 4. The second kappa shape index (κ2) is 7.00. The average molecular weight is 333 g/mol. The van der Waals surface area contributed by atoms with E-state index in [1.165, 1.54) is 12.1 Å².